The van der Waals surface area contributed by atoms with Crippen LogP contribution in [0.5, 0.6) is 11.5 Å². The fourth-order valence-electron chi connectivity index (χ4n) is 3.69. The maximum absolute atomic E-state index is 13.1. The van der Waals surface area contributed by atoms with Gasteiger partial charge in [0, 0.05) is 12.6 Å². The fourth-order valence-corrected chi connectivity index (χ4v) is 4.47. The monoisotopic (exact) mass is 507 g/mol. The zero-order valence-electron chi connectivity index (χ0n) is 20.1. The van der Waals surface area contributed by atoms with Gasteiger partial charge >= 0.3 is 0 Å². The first-order valence-corrected chi connectivity index (χ1v) is 12.2. The number of nitrogens with zero attached hydrogens (tertiary/aromatic N) is 4. The summed E-state index contributed by atoms with van der Waals surface area (Å²) in [4.78, 5) is 0.879. The lowest BCUT2D eigenvalue weighted by Crippen LogP contribution is -2.01. The van der Waals surface area contributed by atoms with E-state index in [4.69, 9.17) is 19.3 Å². The zero-order valence-corrected chi connectivity index (χ0v) is 20.9. The highest BCUT2D eigenvalue weighted by Gasteiger charge is 2.17. The van der Waals surface area contributed by atoms with Crippen LogP contribution < -0.4 is 14.2 Å². The second-order valence-electron chi connectivity index (χ2n) is 8.04. The molecule has 2 aromatic heterocycles. The van der Waals surface area contributed by atoms with Gasteiger partial charge < -0.3 is 18.7 Å². The molecule has 0 spiro atoms. The van der Waals surface area contributed by atoms with Gasteiger partial charge in [-0.2, -0.15) is 10.4 Å². The van der Waals surface area contributed by atoms with E-state index in [0.29, 0.717) is 47.9 Å². The van der Waals surface area contributed by atoms with Gasteiger partial charge in [0.2, 0.25) is 0 Å². The Morgan fingerprint density at radius 1 is 1.25 bits per heavy atom. The van der Waals surface area contributed by atoms with Crippen molar-refractivity contribution < 1.29 is 18.4 Å². The molecule has 8 nitrogen and oxygen atoms in total. The molecule has 0 bridgehead atoms. The average molecular weight is 508 g/mol. The summed E-state index contributed by atoms with van der Waals surface area (Å²) in [6.07, 6.45) is 4.75. The van der Waals surface area contributed by atoms with Gasteiger partial charge in [-0.05, 0) is 59.3 Å². The predicted octanol–water partition coefficient (Wildman–Crippen LogP) is 6.08. The third-order valence-corrected chi connectivity index (χ3v) is 6.22. The van der Waals surface area contributed by atoms with E-state index in [1.807, 2.05) is 30.3 Å². The molecule has 4 aromatic rings. The Morgan fingerprint density at radius 3 is 2.86 bits per heavy atom. The number of ether oxygens (including phenoxy) is 2. The Labute approximate surface area is 212 Å². The lowest BCUT2D eigenvalue weighted by molar-refractivity contribution is 0.319. The van der Waals surface area contributed by atoms with Crippen molar-refractivity contribution in [3.63, 3.8) is 0 Å². The molecule has 0 aliphatic carbocycles. The van der Waals surface area contributed by atoms with Crippen LogP contribution in [0.25, 0.3) is 11.0 Å². The molecule has 1 N–H and O–H groups in total. The number of methoxy groups -OCH3 is 1. The highest BCUT2D eigenvalue weighted by molar-refractivity contribution is 8.00. The van der Waals surface area contributed by atoms with Crippen LogP contribution in [0.3, 0.4) is 0 Å². The highest BCUT2D eigenvalue weighted by Crippen LogP contribution is 2.37. The number of aryl methyl sites for hydroxylation is 1. The van der Waals surface area contributed by atoms with Crippen molar-refractivity contribution >= 4 is 28.7 Å². The van der Waals surface area contributed by atoms with E-state index < -0.39 is 5.83 Å². The number of aromatic nitrogens is 3. The van der Waals surface area contributed by atoms with Crippen LogP contribution in [0.4, 0.5) is 10.2 Å². The molecule has 10 heteroatoms. The standard InChI is InChI=1S/C26H26FN5O3S/c1-4-18-6-7-21(34-9-5-8-28)24(13-18)36-31-26-25-22(33-3)11-19(12-23(25)35-30-26)15-32-16-20(14-29-32)10-17(2)27/h6-7,11-14,16H,2,4-5,9-10,15H2,1,3H3,(H,30,31). The van der Waals surface area contributed by atoms with Gasteiger partial charge in [0.1, 0.15) is 23.5 Å². The zero-order chi connectivity index (χ0) is 25.5. The molecule has 0 aliphatic rings. The van der Waals surface area contributed by atoms with Crippen molar-refractivity contribution in [2.24, 2.45) is 0 Å². The summed E-state index contributed by atoms with van der Waals surface area (Å²) in [5.41, 5.74) is 3.37. The van der Waals surface area contributed by atoms with Crippen molar-refractivity contribution in [2.45, 2.75) is 37.6 Å². The summed E-state index contributed by atoms with van der Waals surface area (Å²) < 4.78 is 35.1. The number of nitriles is 1. The first kappa shape index (κ1) is 25.1. The van der Waals surface area contributed by atoms with Crippen LogP contribution in [0.1, 0.15) is 30.0 Å². The molecule has 36 heavy (non-hydrogen) atoms. The van der Waals surface area contributed by atoms with E-state index in [1.165, 1.54) is 11.9 Å². The number of hydrogen-bond acceptors (Lipinski definition) is 8. The highest BCUT2D eigenvalue weighted by atomic mass is 32.2. The van der Waals surface area contributed by atoms with Crippen LogP contribution >= 0.6 is 11.9 Å². The summed E-state index contributed by atoms with van der Waals surface area (Å²) in [5, 5.41) is 18.0. The fraction of sp³-hybridized carbons (Fsp3) is 0.269. The number of nitrogens with one attached hydrogen (secondary N) is 1. The lowest BCUT2D eigenvalue weighted by atomic mass is 10.1. The first-order valence-electron chi connectivity index (χ1n) is 11.4. The maximum atomic E-state index is 13.1. The molecule has 0 unspecified atom stereocenters. The number of rotatable bonds is 12. The summed E-state index contributed by atoms with van der Waals surface area (Å²) >= 11 is 1.35. The Kier molecular flexibility index (Phi) is 8.13. The summed E-state index contributed by atoms with van der Waals surface area (Å²) in [6, 6.07) is 11.8. The largest absolute Gasteiger partial charge is 0.496 e. The van der Waals surface area contributed by atoms with Gasteiger partial charge in [-0.15, -0.1) is 0 Å². The molecule has 0 amide bonds. The summed E-state index contributed by atoms with van der Waals surface area (Å²) in [6.45, 7) is 6.16. The minimum Gasteiger partial charge on any atom is -0.496 e. The maximum Gasteiger partial charge on any atom is 0.191 e. The van der Waals surface area contributed by atoms with Gasteiger partial charge in [0.05, 0.1) is 43.1 Å². The molecule has 0 aliphatic heterocycles. The van der Waals surface area contributed by atoms with E-state index in [0.717, 1.165) is 28.0 Å². The van der Waals surface area contributed by atoms with Crippen LogP contribution in [0, 0.1) is 11.3 Å². The number of fused-ring (bicyclic) bond motifs is 1. The number of halogens is 1. The molecule has 4 rings (SSSR count). The Hall–Kier alpha value is -3.97. The van der Waals surface area contributed by atoms with Gasteiger partial charge in [-0.3, -0.25) is 4.68 Å². The minimum absolute atomic E-state index is 0.142. The molecule has 0 radical (unpaired) electrons. The lowest BCUT2D eigenvalue weighted by Gasteiger charge is -2.12. The molecular weight excluding hydrogens is 481 g/mol. The van der Waals surface area contributed by atoms with E-state index in [2.05, 4.69) is 34.5 Å². The molecular formula is C26H26FN5O3S. The van der Waals surface area contributed by atoms with E-state index >= 15 is 0 Å². The molecule has 0 fully saturated rings. The molecule has 2 aromatic carbocycles. The van der Waals surface area contributed by atoms with Crippen molar-refractivity contribution in [1.29, 1.82) is 5.26 Å². The van der Waals surface area contributed by atoms with E-state index in [-0.39, 0.29) is 6.42 Å². The topological polar surface area (TPSA) is 98.1 Å². The van der Waals surface area contributed by atoms with Gasteiger partial charge in [-0.25, -0.2) is 4.39 Å². The van der Waals surface area contributed by atoms with Crippen molar-refractivity contribution in [3.8, 4) is 17.6 Å². The second kappa shape index (κ2) is 11.6. The predicted molar refractivity (Wildman–Crippen MR) is 137 cm³/mol. The SMILES string of the molecule is C=C(F)Cc1cnn(Cc2cc(OC)c3c(NSc4cc(CC)ccc4OCCC#N)noc3c2)c1. The van der Waals surface area contributed by atoms with Gasteiger partial charge in [0.25, 0.3) is 0 Å². The van der Waals surface area contributed by atoms with Crippen molar-refractivity contribution in [1.82, 2.24) is 14.9 Å². The Balaban J connectivity index is 1.54. The molecule has 0 saturated heterocycles. The van der Waals surface area contributed by atoms with E-state index in [9.17, 15) is 4.39 Å². The molecule has 2 heterocycles. The van der Waals surface area contributed by atoms with Gasteiger partial charge in [-0.1, -0.05) is 24.7 Å². The number of allylic oxidation sites excluding steroid dienone is 1. The second-order valence-corrected chi connectivity index (χ2v) is 8.89. The smallest absolute Gasteiger partial charge is 0.191 e. The minimum atomic E-state index is -0.403. The van der Waals surface area contributed by atoms with Crippen LogP contribution in [-0.2, 0) is 19.4 Å². The first-order chi connectivity index (χ1) is 17.5. The Morgan fingerprint density at radius 2 is 2.11 bits per heavy atom. The van der Waals surface area contributed by atoms with E-state index in [1.54, 1.807) is 24.2 Å². The van der Waals surface area contributed by atoms with Crippen molar-refractivity contribution in [2.75, 3.05) is 18.4 Å². The number of hydrogen-bond donors (Lipinski definition) is 1. The molecule has 0 saturated carbocycles. The molecule has 0 atom stereocenters. The summed E-state index contributed by atoms with van der Waals surface area (Å²) in [7, 11) is 1.59. The van der Waals surface area contributed by atoms with Crippen LogP contribution in [-0.4, -0.2) is 28.7 Å². The third kappa shape index (κ3) is 5.98. The summed E-state index contributed by atoms with van der Waals surface area (Å²) in [5.74, 6) is 1.41. The van der Waals surface area contributed by atoms with Crippen molar-refractivity contribution in [3.05, 3.63) is 71.8 Å². The van der Waals surface area contributed by atoms with Crippen LogP contribution in [0.2, 0.25) is 0 Å². The number of anilines is 1. The quantitative estimate of drug-likeness (QED) is 0.182. The Bertz CT molecular complexity index is 1410. The molecule has 186 valence electrons. The average Bonchev–Trinajstić information content (AvgIpc) is 3.48. The third-order valence-electron chi connectivity index (χ3n) is 5.39. The van der Waals surface area contributed by atoms with Gasteiger partial charge in [0.15, 0.2) is 11.4 Å². The van der Waals surface area contributed by atoms with Crippen LogP contribution in [0.15, 0.2) is 64.5 Å². The number of benzene rings is 2. The normalized spacial score (nSPS) is 10.8.